The summed E-state index contributed by atoms with van der Waals surface area (Å²) in [6.45, 7) is 9.62. The van der Waals surface area contributed by atoms with E-state index in [4.69, 9.17) is 73.8 Å². The molecule has 0 radical (unpaired) electrons. The number of carbonyl (C=O) groups excluding carboxylic acids is 9. The molecule has 0 spiro atoms. The van der Waals surface area contributed by atoms with Crippen molar-refractivity contribution in [2.75, 3.05) is 81.9 Å². The molecule has 10 unspecified atom stereocenters. The highest BCUT2D eigenvalue weighted by molar-refractivity contribution is 8.77. The van der Waals surface area contributed by atoms with Crippen molar-refractivity contribution in [1.82, 2.24) is 30.2 Å². The zero-order valence-corrected chi connectivity index (χ0v) is 88.4. The van der Waals surface area contributed by atoms with Gasteiger partial charge in [-0.2, -0.15) is 0 Å². The maximum Gasteiger partial charge on any atom is 0.328 e. The highest BCUT2D eigenvalue weighted by Gasteiger charge is 2.46. The van der Waals surface area contributed by atoms with Gasteiger partial charge >= 0.3 is 41.8 Å². The molecule has 2 amide bonds. The standard InChI is InChI=1S/C30H38ClN3O8S2.C23H27ClN2O6S2.C20H25ClN2O5S2.C20H25ClN2O3S2.C5H8O/c1-17(35)22(32)8-10-26(37)33-23(24(36)9-11-27(38)39)16-43-44-25-12-13-34(15-19(25)14-28(40)41)29(30(42)18-6-7-18)20-4-2-3-5-21(20)31;1-13(27)25-18(23(31)32)12-33-34-19-8-9-26(11-15(19)10-20(28)29)21(22(30)14-6-7-14)16-4-2-3-5-17(16)24;21-15-4-2-1-3-13(15)10-23-8-7-18(14(11-23)9-20(27)28)30-29-12-16(22)17(24)5-6-19(25)26;21-16-4-2-1-3-15(16)19(20(26)13-5-6-13)23-9-7-17(28-27-10-8-22)14(12-23)11-18(24)25;1-4(6)5-2-3-5/h2-5,14,18,22-23,25,29H,6-13,15-16,32H2,1H3,(H,33,37)(H,38,39)(H,40,41);2-5,10,14,18-19,21H,6-9,11-12H2,1H3,(H,25,27)(H,28,29)(H,31,32);1-4,9,16,18H,5-8,10-12,22H2,(H,25,26)(H,27,28);1-4,11,13,17,19H,5-10,12,22H2,(H,24,25);5H,2-3H2,1H3/b19-14-;15-10-;14-9-;14-11-;/t;18-,19?,21?;;;/m.0.../s1. The summed E-state index contributed by atoms with van der Waals surface area (Å²) in [4.78, 5) is 197. The number of nitrogens with two attached hydrogens (primary N) is 3. The number of piperidine rings is 4. The van der Waals surface area contributed by atoms with Gasteiger partial charge in [-0.25, -0.2) is 24.0 Å². The van der Waals surface area contributed by atoms with Crippen molar-refractivity contribution in [1.29, 1.82) is 0 Å². The van der Waals surface area contributed by atoms with Crippen LogP contribution in [0.4, 0.5) is 0 Å². The van der Waals surface area contributed by atoms with Crippen LogP contribution in [-0.2, 0) is 83.3 Å². The minimum absolute atomic E-state index is 0.00918. The number of carbonyl (C=O) groups is 16. The van der Waals surface area contributed by atoms with E-state index in [9.17, 15) is 102 Å². The lowest BCUT2D eigenvalue weighted by Crippen LogP contribution is -2.44. The number of likely N-dealkylation sites (tertiary alicyclic amines) is 4. The Labute approximate surface area is 877 Å². The van der Waals surface area contributed by atoms with E-state index >= 15 is 0 Å². The Morgan fingerprint density at radius 1 is 0.401 bits per heavy atom. The van der Waals surface area contributed by atoms with Gasteiger partial charge < -0.3 is 63.6 Å². The van der Waals surface area contributed by atoms with E-state index in [2.05, 4.69) is 20.4 Å². The first kappa shape index (κ1) is 120. The monoisotopic (exact) mass is 2190 g/mol. The molecule has 32 nitrogen and oxygen atoms in total. The summed E-state index contributed by atoms with van der Waals surface area (Å²) in [6, 6.07) is 24.5. The number of aliphatic carboxylic acids is 7. The Hall–Kier alpha value is -7.56. The number of Topliss-reactive ketones (excluding diaryl/α,β-unsaturated/α-hetero) is 7. The fraction of sp³-hybridized carbons (Fsp3) is 0.510. The molecular weight excluding hydrogens is 2070 g/mol. The molecule has 8 fully saturated rings. The topological polar surface area (TPSA) is 530 Å². The second-order valence-corrected chi connectivity index (χ2v) is 47.5. The van der Waals surface area contributed by atoms with Crippen LogP contribution in [0.15, 0.2) is 144 Å². The third-order valence-electron chi connectivity index (χ3n) is 24.0. The Kier molecular flexibility index (Phi) is 51.6. The Morgan fingerprint density at radius 2 is 0.754 bits per heavy atom. The largest absolute Gasteiger partial charge is 0.481 e. The van der Waals surface area contributed by atoms with Crippen molar-refractivity contribution in [2.24, 2.45) is 40.9 Å². The van der Waals surface area contributed by atoms with Crippen LogP contribution in [0, 0.1) is 23.7 Å². The minimum atomic E-state index is -1.14. The van der Waals surface area contributed by atoms with Gasteiger partial charge in [0.05, 0.1) is 49.1 Å². The fourth-order valence-corrected chi connectivity index (χ4v) is 28.0. The fourth-order valence-electron chi connectivity index (χ4n) is 15.9. The molecule has 142 heavy (non-hydrogen) atoms. The van der Waals surface area contributed by atoms with Crippen molar-refractivity contribution >= 4 is 227 Å². The maximum atomic E-state index is 13.4. The molecule has 11 atom stereocenters. The number of rotatable bonds is 50. The number of carboxylic acid groups (broad SMARTS) is 7. The first-order valence-electron chi connectivity index (χ1n) is 46.5. The zero-order chi connectivity index (χ0) is 104. The Balaban J connectivity index is 0.000000230. The van der Waals surface area contributed by atoms with Crippen molar-refractivity contribution in [2.45, 2.75) is 206 Å². The Morgan fingerprint density at radius 3 is 1.09 bits per heavy atom. The summed E-state index contributed by atoms with van der Waals surface area (Å²) < 4.78 is 0. The third kappa shape index (κ3) is 41.6. The van der Waals surface area contributed by atoms with Gasteiger partial charge in [0.25, 0.3) is 0 Å². The van der Waals surface area contributed by atoms with Crippen LogP contribution < -0.4 is 27.8 Å². The number of nitrogens with one attached hydrogen (secondary N) is 2. The first-order chi connectivity index (χ1) is 67.6. The quantitative estimate of drug-likeness (QED) is 0.0111. The lowest BCUT2D eigenvalue weighted by molar-refractivity contribution is -0.141. The van der Waals surface area contributed by atoms with Crippen LogP contribution in [0.3, 0.4) is 0 Å². The van der Waals surface area contributed by atoms with E-state index in [0.717, 1.165) is 117 Å². The average molecular weight is 2190 g/mol. The van der Waals surface area contributed by atoms with Crippen LogP contribution >= 0.6 is 133 Å². The number of amides is 2. The predicted molar refractivity (Wildman–Crippen MR) is 563 cm³/mol. The number of hydrogen-bond donors (Lipinski definition) is 12. The van der Waals surface area contributed by atoms with E-state index < -0.39 is 102 Å². The lowest BCUT2D eigenvalue weighted by Gasteiger charge is -2.38. The minimum Gasteiger partial charge on any atom is -0.481 e. The summed E-state index contributed by atoms with van der Waals surface area (Å²) in [7, 11) is 11.6. The first-order valence-corrected chi connectivity index (χ1v) is 57.5. The average Bonchev–Trinajstić information content (AvgIpc) is 1.52. The number of hydrogen-bond acceptors (Lipinski definition) is 31. The van der Waals surface area contributed by atoms with Crippen molar-refractivity contribution in [3.8, 4) is 0 Å². The summed E-state index contributed by atoms with van der Waals surface area (Å²) in [5.41, 5.74) is 23.3. The van der Waals surface area contributed by atoms with Gasteiger partial charge in [-0.3, -0.25) is 72.3 Å². The van der Waals surface area contributed by atoms with Crippen LogP contribution in [0.1, 0.15) is 177 Å². The van der Waals surface area contributed by atoms with Gasteiger partial charge in [-0.15, -0.1) is 0 Å². The van der Waals surface area contributed by atoms with Crippen LogP contribution in [0.5, 0.6) is 0 Å². The number of halogens is 4. The molecule has 774 valence electrons. The van der Waals surface area contributed by atoms with Crippen molar-refractivity contribution < 1.29 is 112 Å². The highest BCUT2D eigenvalue weighted by atomic mass is 35.5. The van der Waals surface area contributed by atoms with Gasteiger partial charge in [-0.1, -0.05) is 206 Å². The number of ketones is 7. The molecule has 4 aromatic carbocycles. The van der Waals surface area contributed by atoms with Crippen molar-refractivity contribution in [3.63, 3.8) is 0 Å². The molecule has 44 heteroatoms. The molecule has 8 aliphatic rings. The summed E-state index contributed by atoms with van der Waals surface area (Å²) >= 11 is 25.6. The van der Waals surface area contributed by atoms with Gasteiger partial charge in [0.15, 0.2) is 28.9 Å². The molecular formula is C98H123Cl4N9O23S8. The lowest BCUT2D eigenvalue weighted by atomic mass is 9.94. The molecule has 4 heterocycles. The molecule has 4 aromatic rings. The number of nitrogens with zero attached hydrogens (tertiary/aromatic N) is 4. The van der Waals surface area contributed by atoms with Crippen LogP contribution in [0.25, 0.3) is 0 Å². The highest BCUT2D eigenvalue weighted by Crippen LogP contribution is 2.48. The molecule has 4 aliphatic carbocycles. The second-order valence-electron chi connectivity index (χ2n) is 35.4. The van der Waals surface area contributed by atoms with Gasteiger partial charge in [-0.05, 0) is 166 Å². The zero-order valence-electron chi connectivity index (χ0n) is 78.8. The molecule has 0 bridgehead atoms. The summed E-state index contributed by atoms with van der Waals surface area (Å²) in [5, 5.41) is 71.6. The van der Waals surface area contributed by atoms with Crippen LogP contribution in [-0.4, -0.2) is 277 Å². The molecule has 12 rings (SSSR count). The molecule has 4 saturated carbocycles. The second kappa shape index (κ2) is 61.3. The van der Waals surface area contributed by atoms with E-state index in [1.807, 2.05) is 88.7 Å². The van der Waals surface area contributed by atoms with Gasteiger partial charge in [0.2, 0.25) is 11.8 Å². The predicted octanol–water partition coefficient (Wildman–Crippen LogP) is 14.7. The van der Waals surface area contributed by atoms with E-state index in [1.54, 1.807) is 46.7 Å². The van der Waals surface area contributed by atoms with Gasteiger partial charge in [0.1, 0.15) is 17.6 Å². The SMILES string of the molecule is CC(=O)C(N)CCC(=O)NC(CSSC1CCN(C(C(=O)C2CC2)c2ccccc2Cl)C/C1=C/C(=O)O)C(=O)CCC(=O)O.CC(=O)C1CC1.CC(=O)N[C@@H](CSSC1CCN(C(C(=O)C2CC2)c2ccccc2Cl)C/C1=C/C(=O)O)C(=O)O.NC(CSSC1CCN(Cc2ccccc2Cl)C/C1=C/C(=O)O)C(=O)CCC(=O)O.NCCSSC1CCN(C(C(=O)C2CC2)c2ccccc2Cl)C/C1=C/C(=O)O. The molecule has 15 N–H and O–H groups in total. The Bertz CT molecular complexity index is 5240. The van der Waals surface area contributed by atoms with Gasteiger partial charge in [0, 0.05) is 204 Å². The molecule has 0 aromatic heterocycles. The van der Waals surface area contributed by atoms with Crippen molar-refractivity contribution in [3.05, 3.63) is 186 Å². The number of benzene rings is 4. The third-order valence-corrected chi connectivity index (χ3v) is 37.0. The maximum absolute atomic E-state index is 13.4. The van der Waals surface area contributed by atoms with Crippen LogP contribution in [0.2, 0.25) is 20.1 Å². The molecule has 4 saturated heterocycles. The molecule has 4 aliphatic heterocycles. The summed E-state index contributed by atoms with van der Waals surface area (Å²) in [6.07, 6.45) is 14.2. The summed E-state index contributed by atoms with van der Waals surface area (Å²) in [5.74, 6) is -6.55. The number of carboxylic acids is 7. The van der Waals surface area contributed by atoms with E-state index in [0.29, 0.717) is 113 Å². The van der Waals surface area contributed by atoms with E-state index in [-0.39, 0.29) is 124 Å². The smallest absolute Gasteiger partial charge is 0.328 e. The normalized spacial score (nSPS) is 20.9. The van der Waals surface area contributed by atoms with E-state index in [1.165, 1.54) is 96.8 Å².